The van der Waals surface area contributed by atoms with Gasteiger partial charge in [-0.2, -0.15) is 0 Å². The topological polar surface area (TPSA) is 36.1 Å². The Bertz CT molecular complexity index is 958. The summed E-state index contributed by atoms with van der Waals surface area (Å²) in [5, 5.41) is 0. The number of allylic oxidation sites excluding steroid dienone is 1. The molecule has 3 nitrogen and oxygen atoms in total. The molecule has 3 aromatic rings. The summed E-state index contributed by atoms with van der Waals surface area (Å²) in [6, 6.07) is 21.3. The highest BCUT2D eigenvalue weighted by molar-refractivity contribution is 5.97. The van der Waals surface area contributed by atoms with Gasteiger partial charge in [0.2, 0.25) is 0 Å². The molecule has 1 aliphatic heterocycles. The van der Waals surface area contributed by atoms with Crippen molar-refractivity contribution in [1.82, 2.24) is 9.88 Å². The van der Waals surface area contributed by atoms with Gasteiger partial charge in [0.25, 0.3) is 5.91 Å². The third-order valence-corrected chi connectivity index (χ3v) is 5.94. The number of fused-ring (bicyclic) bond motifs is 1. The lowest BCUT2D eigenvalue weighted by Gasteiger charge is -2.35. The van der Waals surface area contributed by atoms with Crippen LogP contribution in [0.15, 0.2) is 72.9 Å². The maximum atomic E-state index is 12.7. The van der Waals surface area contributed by atoms with Gasteiger partial charge in [-0.05, 0) is 29.5 Å². The summed E-state index contributed by atoms with van der Waals surface area (Å²) in [5.74, 6) is 0.124. The van der Waals surface area contributed by atoms with Crippen molar-refractivity contribution in [1.29, 1.82) is 0 Å². The van der Waals surface area contributed by atoms with Crippen LogP contribution >= 0.6 is 0 Å². The summed E-state index contributed by atoms with van der Waals surface area (Å²) in [4.78, 5) is 17.9. The number of amides is 1. The zero-order valence-electron chi connectivity index (χ0n) is 15.2. The third-order valence-electron chi connectivity index (χ3n) is 5.94. The molecule has 2 aromatic carbocycles. The van der Waals surface area contributed by atoms with Crippen molar-refractivity contribution >= 4 is 12.0 Å². The van der Waals surface area contributed by atoms with Crippen molar-refractivity contribution in [2.24, 2.45) is 0 Å². The second kappa shape index (κ2) is 6.27. The molecule has 1 aromatic heterocycles. The molecule has 1 saturated heterocycles. The standard InChI is InChI=1S/C24H22N2O/c27-23(26-14-7-15-26)22-21-12-13-24(16-18(21)17-25-22,19-8-3-1-4-9-19)20-10-5-2-6-11-20/h1-6,8-13,17,25H,7,14-16H2. The van der Waals surface area contributed by atoms with Crippen LogP contribution in [0.1, 0.15) is 39.2 Å². The SMILES string of the molecule is O=C(c1[nH]cc2c1C=CC(c1ccccc1)(c1ccccc1)C2)N1CCC1. The Morgan fingerprint density at radius 1 is 0.926 bits per heavy atom. The molecule has 2 aliphatic rings. The van der Waals surface area contributed by atoms with E-state index in [0.29, 0.717) is 0 Å². The van der Waals surface area contributed by atoms with E-state index in [4.69, 9.17) is 0 Å². The van der Waals surface area contributed by atoms with Crippen LogP contribution in [0, 0.1) is 0 Å². The molecule has 3 heteroatoms. The fraction of sp³-hybridized carbons (Fsp3) is 0.208. The normalized spacial score (nSPS) is 17.3. The number of aromatic amines is 1. The maximum Gasteiger partial charge on any atom is 0.270 e. The summed E-state index contributed by atoms with van der Waals surface area (Å²) in [7, 11) is 0. The van der Waals surface area contributed by atoms with E-state index in [-0.39, 0.29) is 11.3 Å². The monoisotopic (exact) mass is 354 g/mol. The molecule has 27 heavy (non-hydrogen) atoms. The highest BCUT2D eigenvalue weighted by Gasteiger charge is 2.37. The van der Waals surface area contributed by atoms with Crippen molar-refractivity contribution < 1.29 is 4.79 Å². The summed E-state index contributed by atoms with van der Waals surface area (Å²) in [5.41, 5.74) is 5.32. The predicted octanol–water partition coefficient (Wildman–Crippen LogP) is 4.42. The number of rotatable bonds is 3. The zero-order chi connectivity index (χ0) is 18.3. The van der Waals surface area contributed by atoms with E-state index in [1.807, 2.05) is 11.1 Å². The first-order valence-electron chi connectivity index (χ1n) is 9.58. The highest BCUT2D eigenvalue weighted by atomic mass is 16.2. The number of carbonyl (C=O) groups is 1. The van der Waals surface area contributed by atoms with Gasteiger partial charge in [0.1, 0.15) is 5.69 Å². The Morgan fingerprint density at radius 3 is 2.11 bits per heavy atom. The van der Waals surface area contributed by atoms with E-state index in [1.54, 1.807) is 0 Å². The summed E-state index contributed by atoms with van der Waals surface area (Å²) < 4.78 is 0. The highest BCUT2D eigenvalue weighted by Crippen LogP contribution is 2.42. The maximum absolute atomic E-state index is 12.7. The average molecular weight is 354 g/mol. The number of benzene rings is 2. The van der Waals surface area contributed by atoms with E-state index in [0.717, 1.165) is 37.2 Å². The molecule has 1 aliphatic carbocycles. The molecule has 0 bridgehead atoms. The minimum atomic E-state index is -0.214. The Kier molecular flexibility index (Phi) is 3.75. The Balaban J connectivity index is 1.60. The molecule has 0 atom stereocenters. The first-order chi connectivity index (χ1) is 13.3. The number of hydrogen-bond donors (Lipinski definition) is 1. The summed E-state index contributed by atoms with van der Waals surface area (Å²) >= 11 is 0. The first-order valence-corrected chi connectivity index (χ1v) is 9.58. The van der Waals surface area contributed by atoms with Crippen molar-refractivity contribution in [2.45, 2.75) is 18.3 Å². The molecule has 134 valence electrons. The largest absolute Gasteiger partial charge is 0.356 e. The zero-order valence-corrected chi connectivity index (χ0v) is 15.2. The number of likely N-dealkylation sites (tertiary alicyclic amines) is 1. The minimum absolute atomic E-state index is 0.124. The van der Waals surface area contributed by atoms with Gasteiger partial charge in [-0.25, -0.2) is 0 Å². The van der Waals surface area contributed by atoms with Gasteiger partial charge in [-0.3, -0.25) is 4.79 Å². The van der Waals surface area contributed by atoms with Crippen LogP contribution in [0.25, 0.3) is 6.08 Å². The van der Waals surface area contributed by atoms with Crippen LogP contribution in [0.4, 0.5) is 0 Å². The molecular formula is C24H22N2O. The fourth-order valence-electron chi connectivity index (χ4n) is 4.29. The number of carbonyl (C=O) groups excluding carboxylic acids is 1. The number of hydrogen-bond acceptors (Lipinski definition) is 1. The van der Waals surface area contributed by atoms with Gasteiger partial charge in [0.05, 0.1) is 0 Å². The second-order valence-electron chi connectivity index (χ2n) is 7.46. The van der Waals surface area contributed by atoms with Crippen LogP contribution < -0.4 is 0 Å². The van der Waals surface area contributed by atoms with Crippen LogP contribution in [0.3, 0.4) is 0 Å². The minimum Gasteiger partial charge on any atom is -0.356 e. The lowest BCUT2D eigenvalue weighted by molar-refractivity contribution is 0.0646. The van der Waals surface area contributed by atoms with Gasteiger partial charge >= 0.3 is 0 Å². The van der Waals surface area contributed by atoms with Gasteiger partial charge in [-0.1, -0.05) is 72.8 Å². The fourth-order valence-corrected chi connectivity index (χ4v) is 4.29. The smallest absolute Gasteiger partial charge is 0.270 e. The van der Waals surface area contributed by atoms with E-state index >= 15 is 0 Å². The Labute approximate surface area is 159 Å². The molecule has 0 spiro atoms. The van der Waals surface area contributed by atoms with E-state index < -0.39 is 0 Å². The second-order valence-corrected chi connectivity index (χ2v) is 7.46. The van der Waals surface area contributed by atoms with Crippen molar-refractivity contribution in [2.75, 3.05) is 13.1 Å². The number of nitrogens with zero attached hydrogens (tertiary/aromatic N) is 1. The van der Waals surface area contributed by atoms with E-state index in [9.17, 15) is 4.79 Å². The van der Waals surface area contributed by atoms with E-state index in [2.05, 4.69) is 77.8 Å². The lowest BCUT2D eigenvalue weighted by atomic mass is 9.68. The Morgan fingerprint density at radius 2 is 1.56 bits per heavy atom. The summed E-state index contributed by atoms with van der Waals surface area (Å²) in [6.45, 7) is 1.74. The van der Waals surface area contributed by atoms with Crippen LogP contribution in [-0.2, 0) is 11.8 Å². The van der Waals surface area contributed by atoms with E-state index in [1.165, 1.54) is 16.7 Å². The molecule has 5 rings (SSSR count). The molecule has 0 unspecified atom stereocenters. The number of aromatic nitrogens is 1. The van der Waals surface area contributed by atoms with Gasteiger partial charge in [-0.15, -0.1) is 0 Å². The van der Waals surface area contributed by atoms with Crippen LogP contribution in [0.5, 0.6) is 0 Å². The third kappa shape index (κ3) is 2.54. The molecule has 1 fully saturated rings. The van der Waals surface area contributed by atoms with Crippen molar-refractivity contribution in [3.8, 4) is 0 Å². The number of H-pyrrole nitrogens is 1. The molecule has 1 amide bonds. The summed E-state index contributed by atoms with van der Waals surface area (Å²) in [6.07, 6.45) is 8.39. The van der Waals surface area contributed by atoms with Crippen LogP contribution in [0.2, 0.25) is 0 Å². The quantitative estimate of drug-likeness (QED) is 0.743. The van der Waals surface area contributed by atoms with Crippen LogP contribution in [-0.4, -0.2) is 28.9 Å². The van der Waals surface area contributed by atoms with Gasteiger partial charge in [0.15, 0.2) is 0 Å². The average Bonchev–Trinajstić information content (AvgIpc) is 3.11. The Hall–Kier alpha value is -3.07. The molecule has 0 radical (unpaired) electrons. The van der Waals surface area contributed by atoms with Crippen molar-refractivity contribution in [3.63, 3.8) is 0 Å². The molecule has 2 heterocycles. The van der Waals surface area contributed by atoms with Crippen molar-refractivity contribution in [3.05, 3.63) is 101 Å². The molecular weight excluding hydrogens is 332 g/mol. The van der Waals surface area contributed by atoms with Gasteiger partial charge in [0, 0.05) is 30.3 Å². The predicted molar refractivity (Wildman–Crippen MR) is 108 cm³/mol. The molecule has 1 N–H and O–H groups in total. The number of nitrogens with one attached hydrogen (secondary N) is 1. The van der Waals surface area contributed by atoms with Gasteiger partial charge < -0.3 is 9.88 Å². The first kappa shape index (κ1) is 16.1. The molecule has 0 saturated carbocycles. The lowest BCUT2D eigenvalue weighted by Crippen LogP contribution is -2.42.